The van der Waals surface area contributed by atoms with E-state index in [4.69, 9.17) is 38.5 Å². The maximum atomic E-state index is 12.4. The van der Waals surface area contributed by atoms with Crippen LogP contribution in [0.4, 0.5) is 0 Å². The van der Waals surface area contributed by atoms with Crippen LogP contribution in [0.1, 0.15) is 5.56 Å². The zero-order chi connectivity index (χ0) is 18.4. The lowest BCUT2D eigenvalue weighted by Gasteiger charge is -2.12. The normalized spacial score (nSPS) is 11.0. The molecular weight excluding hydrogens is 384 g/mol. The molecule has 0 aromatic heterocycles. The number of benzene rings is 2. The van der Waals surface area contributed by atoms with Gasteiger partial charge in [-0.2, -0.15) is 8.42 Å². The summed E-state index contributed by atoms with van der Waals surface area (Å²) in [5, 5.41) is 3.03. The number of aryl methyl sites for hydroxylation is 1. The van der Waals surface area contributed by atoms with Gasteiger partial charge in [0.25, 0.3) is 0 Å². The number of halogens is 1. The topological polar surface area (TPSA) is 90.7 Å². The first-order valence-corrected chi connectivity index (χ1v) is 9.44. The molecule has 2 aromatic rings. The van der Waals surface area contributed by atoms with E-state index in [0.29, 0.717) is 18.9 Å². The summed E-state index contributed by atoms with van der Waals surface area (Å²) in [6, 6.07) is 10.9. The van der Waals surface area contributed by atoms with E-state index in [2.05, 4.69) is 5.32 Å². The van der Waals surface area contributed by atoms with Crippen LogP contribution in [-0.4, -0.2) is 26.7 Å². The lowest BCUT2D eigenvalue weighted by molar-refractivity contribution is 0.321. The van der Waals surface area contributed by atoms with Crippen molar-refractivity contribution in [3.8, 4) is 11.5 Å². The molecule has 9 heteroatoms. The van der Waals surface area contributed by atoms with Gasteiger partial charge in [-0.1, -0.05) is 23.7 Å². The molecule has 2 rings (SSSR count). The van der Waals surface area contributed by atoms with Gasteiger partial charge in [0.1, 0.15) is 23.0 Å². The van der Waals surface area contributed by atoms with Gasteiger partial charge in [-0.05, 0) is 49.0 Å². The van der Waals surface area contributed by atoms with E-state index < -0.39 is 10.1 Å². The van der Waals surface area contributed by atoms with Crippen LogP contribution in [0.2, 0.25) is 5.02 Å². The molecule has 0 radical (unpaired) electrons. The summed E-state index contributed by atoms with van der Waals surface area (Å²) in [6.45, 7) is 2.53. The van der Waals surface area contributed by atoms with E-state index in [9.17, 15) is 8.42 Å². The molecule has 0 amide bonds. The molecule has 0 spiro atoms. The number of nitrogens with one attached hydrogen (secondary N) is 1. The Balaban J connectivity index is 2.14. The lowest BCUT2D eigenvalue weighted by Crippen LogP contribution is -2.32. The molecule has 0 fully saturated rings. The van der Waals surface area contributed by atoms with Crippen LogP contribution in [0.15, 0.2) is 47.4 Å². The molecule has 3 N–H and O–H groups in total. The van der Waals surface area contributed by atoms with Crippen molar-refractivity contribution in [3.05, 3.63) is 53.1 Å². The Morgan fingerprint density at radius 1 is 1.24 bits per heavy atom. The Hall–Kier alpha value is -2.03. The molecule has 25 heavy (non-hydrogen) atoms. The second-order valence-electron chi connectivity index (χ2n) is 5.09. The Morgan fingerprint density at radius 3 is 2.60 bits per heavy atom. The minimum atomic E-state index is -4.05. The number of hydrogen-bond acceptors (Lipinski definition) is 5. The minimum Gasteiger partial charge on any atom is -0.492 e. The van der Waals surface area contributed by atoms with Gasteiger partial charge in [-0.3, -0.25) is 0 Å². The summed E-state index contributed by atoms with van der Waals surface area (Å²) in [5.74, 6) is 0.603. The van der Waals surface area contributed by atoms with Gasteiger partial charge >= 0.3 is 10.1 Å². The van der Waals surface area contributed by atoms with E-state index in [-0.39, 0.29) is 20.8 Å². The maximum Gasteiger partial charge on any atom is 0.340 e. The van der Waals surface area contributed by atoms with Crippen molar-refractivity contribution in [2.45, 2.75) is 11.8 Å². The highest BCUT2D eigenvalue weighted by Gasteiger charge is 2.20. The summed E-state index contributed by atoms with van der Waals surface area (Å²) in [4.78, 5) is -0.0960. The largest absolute Gasteiger partial charge is 0.492 e. The van der Waals surface area contributed by atoms with Crippen molar-refractivity contribution < 1.29 is 17.3 Å². The third-order valence-corrected chi connectivity index (χ3v) is 4.90. The second kappa shape index (κ2) is 8.37. The van der Waals surface area contributed by atoms with Gasteiger partial charge in [0, 0.05) is 6.07 Å². The molecule has 6 nitrogen and oxygen atoms in total. The summed E-state index contributed by atoms with van der Waals surface area (Å²) in [5.41, 5.74) is 6.11. The number of rotatable bonds is 7. The Bertz CT molecular complexity index is 872. The quantitative estimate of drug-likeness (QED) is 0.419. The van der Waals surface area contributed by atoms with Crippen LogP contribution < -0.4 is 20.0 Å². The molecular formula is C16H17ClN2O4S2. The Kier molecular flexibility index (Phi) is 6.46. The van der Waals surface area contributed by atoms with E-state index in [1.54, 1.807) is 31.2 Å². The smallest absolute Gasteiger partial charge is 0.340 e. The molecule has 0 saturated heterocycles. The van der Waals surface area contributed by atoms with Gasteiger partial charge in [0.05, 0.1) is 11.6 Å². The Morgan fingerprint density at radius 2 is 1.92 bits per heavy atom. The van der Waals surface area contributed by atoms with Crippen molar-refractivity contribution in [1.82, 2.24) is 5.32 Å². The average Bonchev–Trinajstić information content (AvgIpc) is 2.50. The van der Waals surface area contributed by atoms with E-state index >= 15 is 0 Å². The van der Waals surface area contributed by atoms with E-state index in [1.165, 1.54) is 18.2 Å². The van der Waals surface area contributed by atoms with Crippen LogP contribution in [-0.2, 0) is 10.1 Å². The highest BCUT2D eigenvalue weighted by Crippen LogP contribution is 2.28. The molecule has 0 bridgehead atoms. The van der Waals surface area contributed by atoms with Gasteiger partial charge in [0.15, 0.2) is 5.11 Å². The molecule has 0 unspecified atom stereocenters. The fraction of sp³-hybridized carbons (Fsp3) is 0.188. The molecule has 0 aliphatic carbocycles. The van der Waals surface area contributed by atoms with Gasteiger partial charge in [0.2, 0.25) is 0 Å². The fourth-order valence-electron chi connectivity index (χ4n) is 2.01. The molecule has 0 saturated carbocycles. The number of hydrogen-bond donors (Lipinski definition) is 2. The molecule has 0 aliphatic heterocycles. The molecule has 134 valence electrons. The molecule has 0 atom stereocenters. The van der Waals surface area contributed by atoms with Crippen LogP contribution in [0, 0.1) is 6.92 Å². The van der Waals surface area contributed by atoms with Gasteiger partial charge in [-0.25, -0.2) is 0 Å². The highest BCUT2D eigenvalue weighted by molar-refractivity contribution is 7.87. The van der Waals surface area contributed by atoms with Crippen LogP contribution in [0.5, 0.6) is 11.5 Å². The number of nitrogens with two attached hydrogens (primary N) is 1. The van der Waals surface area contributed by atoms with Crippen LogP contribution in [0.25, 0.3) is 0 Å². The first-order valence-electron chi connectivity index (χ1n) is 7.25. The van der Waals surface area contributed by atoms with E-state index in [0.717, 1.165) is 5.56 Å². The van der Waals surface area contributed by atoms with Crippen molar-refractivity contribution >= 4 is 39.0 Å². The van der Waals surface area contributed by atoms with Crippen molar-refractivity contribution in [1.29, 1.82) is 0 Å². The zero-order valence-corrected chi connectivity index (χ0v) is 15.7. The molecule has 0 aliphatic rings. The number of ether oxygens (including phenoxy) is 1. The summed E-state index contributed by atoms with van der Waals surface area (Å²) >= 11 is 10.6. The first-order chi connectivity index (χ1) is 11.8. The maximum absolute atomic E-state index is 12.4. The number of thiocarbonyl (C=S) groups is 1. The Labute approximate surface area is 157 Å². The van der Waals surface area contributed by atoms with Crippen LogP contribution >= 0.6 is 23.8 Å². The predicted molar refractivity (Wildman–Crippen MR) is 101 cm³/mol. The minimum absolute atomic E-state index is 0.0930. The average molecular weight is 401 g/mol. The first kappa shape index (κ1) is 19.3. The van der Waals surface area contributed by atoms with Crippen LogP contribution in [0.3, 0.4) is 0 Å². The molecule has 0 heterocycles. The third-order valence-electron chi connectivity index (χ3n) is 3.01. The highest BCUT2D eigenvalue weighted by atomic mass is 35.5. The summed E-state index contributed by atoms with van der Waals surface area (Å²) in [7, 11) is -4.05. The van der Waals surface area contributed by atoms with Gasteiger partial charge in [-0.15, -0.1) is 0 Å². The SMILES string of the molecule is Cc1cc(OCCNC(N)=S)cc(OS(=O)(=O)c2ccccc2Cl)c1. The predicted octanol–water partition coefficient (Wildman–Crippen LogP) is 2.63. The zero-order valence-electron chi connectivity index (χ0n) is 13.4. The summed E-state index contributed by atoms with van der Waals surface area (Å²) < 4.78 is 35.5. The summed E-state index contributed by atoms with van der Waals surface area (Å²) in [6.07, 6.45) is 0. The third kappa shape index (κ3) is 5.77. The molecule has 2 aromatic carbocycles. The second-order valence-corrected chi connectivity index (χ2v) is 7.45. The monoisotopic (exact) mass is 400 g/mol. The van der Waals surface area contributed by atoms with Crippen molar-refractivity contribution in [3.63, 3.8) is 0 Å². The van der Waals surface area contributed by atoms with Gasteiger partial charge < -0.3 is 20.0 Å². The standard InChI is InChI=1S/C16H17ClN2O4S2/c1-11-8-12(22-7-6-19-16(18)24)10-13(9-11)23-25(20,21)15-5-3-2-4-14(15)17/h2-5,8-10H,6-7H2,1H3,(H3,18,19,24). The van der Waals surface area contributed by atoms with Crippen molar-refractivity contribution in [2.75, 3.05) is 13.2 Å². The van der Waals surface area contributed by atoms with E-state index in [1.807, 2.05) is 0 Å². The lowest BCUT2D eigenvalue weighted by atomic mass is 10.2. The fourth-order valence-corrected chi connectivity index (χ4v) is 3.52. The van der Waals surface area contributed by atoms with Crippen molar-refractivity contribution in [2.24, 2.45) is 5.73 Å².